The number of nitrogens with zero attached hydrogens (tertiary/aromatic N) is 2. The van der Waals surface area contributed by atoms with Crippen LogP contribution in [0.3, 0.4) is 0 Å². The van der Waals surface area contributed by atoms with Gasteiger partial charge in [-0.3, -0.25) is 14.9 Å². The van der Waals surface area contributed by atoms with Crippen LogP contribution >= 0.6 is 0 Å². The number of likely N-dealkylation sites (tertiary alicyclic amines) is 1. The van der Waals surface area contributed by atoms with Crippen molar-refractivity contribution in [3.8, 4) is 0 Å². The SMILES string of the molecule is O=C(c1cc2cccc([N+](=O)[O-])c2[nH]1)N1CCCC[C@@H]1C1OCCO1. The molecule has 1 N–H and O–H groups in total. The van der Waals surface area contributed by atoms with E-state index >= 15 is 0 Å². The number of benzene rings is 1. The van der Waals surface area contributed by atoms with Gasteiger partial charge in [0.2, 0.25) is 0 Å². The van der Waals surface area contributed by atoms with Crippen molar-refractivity contribution in [3.05, 3.63) is 40.1 Å². The molecule has 1 atom stereocenters. The maximum Gasteiger partial charge on any atom is 0.293 e. The molecule has 0 aliphatic carbocycles. The molecule has 8 nitrogen and oxygen atoms in total. The molecule has 2 aromatic rings. The van der Waals surface area contributed by atoms with Crippen LogP contribution in [0.25, 0.3) is 10.9 Å². The second kappa shape index (κ2) is 6.45. The van der Waals surface area contributed by atoms with E-state index in [4.69, 9.17) is 9.47 Å². The number of rotatable bonds is 3. The zero-order chi connectivity index (χ0) is 17.4. The molecule has 25 heavy (non-hydrogen) atoms. The summed E-state index contributed by atoms with van der Waals surface area (Å²) in [6.45, 7) is 1.72. The summed E-state index contributed by atoms with van der Waals surface area (Å²) in [5.41, 5.74) is 0.696. The second-order valence-electron chi connectivity index (χ2n) is 6.35. The Labute approximate surface area is 143 Å². The second-order valence-corrected chi connectivity index (χ2v) is 6.35. The number of para-hydroxylation sites is 1. The van der Waals surface area contributed by atoms with Crippen molar-refractivity contribution in [2.75, 3.05) is 19.8 Å². The molecule has 0 spiro atoms. The largest absolute Gasteiger partial charge is 0.348 e. The van der Waals surface area contributed by atoms with Gasteiger partial charge in [0.25, 0.3) is 11.6 Å². The Morgan fingerprint density at radius 2 is 2.08 bits per heavy atom. The summed E-state index contributed by atoms with van der Waals surface area (Å²) in [6, 6.07) is 6.35. The molecule has 1 aromatic carbocycles. The minimum absolute atomic E-state index is 0.0331. The Hall–Kier alpha value is -2.45. The van der Waals surface area contributed by atoms with Crippen LogP contribution in [0, 0.1) is 10.1 Å². The molecule has 3 heterocycles. The number of fused-ring (bicyclic) bond motifs is 1. The number of nitro groups is 1. The molecule has 4 rings (SSSR count). The summed E-state index contributed by atoms with van der Waals surface area (Å²) in [6.07, 6.45) is 2.39. The van der Waals surface area contributed by atoms with Crippen LogP contribution < -0.4 is 0 Å². The molecule has 0 saturated carbocycles. The van der Waals surface area contributed by atoms with Crippen LogP contribution in [0.4, 0.5) is 5.69 Å². The van der Waals surface area contributed by atoms with Crippen LogP contribution in [0.5, 0.6) is 0 Å². The first-order valence-electron chi connectivity index (χ1n) is 8.45. The number of carbonyl (C=O) groups is 1. The molecule has 2 aliphatic rings. The number of non-ortho nitro benzene ring substituents is 1. The summed E-state index contributed by atoms with van der Waals surface area (Å²) < 4.78 is 11.2. The van der Waals surface area contributed by atoms with Crippen LogP contribution in [0.1, 0.15) is 29.8 Å². The van der Waals surface area contributed by atoms with E-state index in [-0.39, 0.29) is 23.9 Å². The van der Waals surface area contributed by atoms with Crippen molar-refractivity contribution < 1.29 is 19.2 Å². The summed E-state index contributed by atoms with van der Waals surface area (Å²) in [4.78, 5) is 28.5. The van der Waals surface area contributed by atoms with Crippen molar-refractivity contribution in [2.45, 2.75) is 31.6 Å². The fraction of sp³-hybridized carbons (Fsp3) is 0.471. The fourth-order valence-corrected chi connectivity index (χ4v) is 3.65. The van der Waals surface area contributed by atoms with E-state index in [2.05, 4.69) is 4.98 Å². The van der Waals surface area contributed by atoms with Gasteiger partial charge in [-0.25, -0.2) is 0 Å². The normalized spacial score (nSPS) is 21.8. The third-order valence-corrected chi connectivity index (χ3v) is 4.83. The van der Waals surface area contributed by atoms with E-state index in [1.54, 1.807) is 23.1 Å². The molecule has 0 radical (unpaired) electrons. The smallest absolute Gasteiger partial charge is 0.293 e. The van der Waals surface area contributed by atoms with Gasteiger partial charge in [0.15, 0.2) is 6.29 Å². The number of amides is 1. The Balaban J connectivity index is 1.66. The van der Waals surface area contributed by atoms with E-state index < -0.39 is 4.92 Å². The Morgan fingerprint density at radius 1 is 1.28 bits per heavy atom. The molecule has 132 valence electrons. The zero-order valence-corrected chi connectivity index (χ0v) is 13.6. The topological polar surface area (TPSA) is 97.7 Å². The summed E-state index contributed by atoms with van der Waals surface area (Å²) >= 11 is 0. The lowest BCUT2D eigenvalue weighted by atomic mass is 10.0. The van der Waals surface area contributed by atoms with Gasteiger partial charge in [0.1, 0.15) is 11.2 Å². The highest BCUT2D eigenvalue weighted by Gasteiger charge is 2.37. The van der Waals surface area contributed by atoms with Crippen molar-refractivity contribution >= 4 is 22.5 Å². The molecule has 0 unspecified atom stereocenters. The fourth-order valence-electron chi connectivity index (χ4n) is 3.65. The van der Waals surface area contributed by atoms with Gasteiger partial charge < -0.3 is 19.4 Å². The molecular formula is C17H19N3O5. The lowest BCUT2D eigenvalue weighted by Crippen LogP contribution is -2.50. The van der Waals surface area contributed by atoms with E-state index in [1.165, 1.54) is 6.07 Å². The number of nitrogens with one attached hydrogen (secondary N) is 1. The number of hydrogen-bond donors (Lipinski definition) is 1. The highest BCUT2D eigenvalue weighted by molar-refractivity contribution is 6.00. The summed E-state index contributed by atoms with van der Waals surface area (Å²) in [5.74, 6) is -0.172. The third kappa shape index (κ3) is 2.87. The lowest BCUT2D eigenvalue weighted by molar-refractivity contribution is -0.383. The maximum atomic E-state index is 13.0. The van der Waals surface area contributed by atoms with E-state index in [1.807, 2.05) is 0 Å². The summed E-state index contributed by atoms with van der Waals surface area (Å²) in [5, 5.41) is 11.8. The molecular weight excluding hydrogens is 326 g/mol. The molecule has 2 fully saturated rings. The predicted molar refractivity (Wildman–Crippen MR) is 89.3 cm³/mol. The monoisotopic (exact) mass is 345 g/mol. The number of aromatic amines is 1. The van der Waals surface area contributed by atoms with Gasteiger partial charge in [-0.2, -0.15) is 0 Å². The number of piperidine rings is 1. The minimum Gasteiger partial charge on any atom is -0.348 e. The van der Waals surface area contributed by atoms with Crippen LogP contribution in [0.2, 0.25) is 0 Å². The van der Waals surface area contributed by atoms with Crippen LogP contribution in [-0.4, -0.2) is 52.8 Å². The first-order chi connectivity index (χ1) is 12.1. The average molecular weight is 345 g/mol. The number of H-pyrrole nitrogens is 1. The molecule has 0 bridgehead atoms. The van der Waals surface area contributed by atoms with Gasteiger partial charge in [0, 0.05) is 18.0 Å². The molecule has 1 aromatic heterocycles. The van der Waals surface area contributed by atoms with Gasteiger partial charge in [-0.15, -0.1) is 0 Å². The first-order valence-corrected chi connectivity index (χ1v) is 8.45. The van der Waals surface area contributed by atoms with Crippen molar-refractivity contribution in [2.24, 2.45) is 0 Å². The Morgan fingerprint density at radius 3 is 2.84 bits per heavy atom. The number of ether oxygens (including phenoxy) is 2. The predicted octanol–water partition coefficient (Wildman–Crippen LogP) is 2.44. The third-order valence-electron chi connectivity index (χ3n) is 4.83. The molecule has 2 saturated heterocycles. The number of nitro benzene ring substituents is 1. The van der Waals surface area contributed by atoms with Crippen molar-refractivity contribution in [1.29, 1.82) is 0 Å². The van der Waals surface area contributed by atoms with E-state index in [9.17, 15) is 14.9 Å². The first kappa shape index (κ1) is 16.0. The van der Waals surface area contributed by atoms with E-state index in [0.717, 1.165) is 19.3 Å². The summed E-state index contributed by atoms with van der Waals surface area (Å²) in [7, 11) is 0. The quantitative estimate of drug-likeness (QED) is 0.680. The van der Waals surface area contributed by atoms with Gasteiger partial charge >= 0.3 is 0 Å². The zero-order valence-electron chi connectivity index (χ0n) is 13.6. The van der Waals surface area contributed by atoms with Gasteiger partial charge in [-0.05, 0) is 25.3 Å². The Bertz CT molecular complexity index is 812. The van der Waals surface area contributed by atoms with Crippen molar-refractivity contribution in [1.82, 2.24) is 9.88 Å². The highest BCUT2D eigenvalue weighted by atomic mass is 16.7. The maximum absolute atomic E-state index is 13.0. The molecule has 2 aliphatic heterocycles. The highest BCUT2D eigenvalue weighted by Crippen LogP contribution is 2.29. The number of aromatic nitrogens is 1. The van der Waals surface area contributed by atoms with Crippen LogP contribution in [0.15, 0.2) is 24.3 Å². The lowest BCUT2D eigenvalue weighted by Gasteiger charge is -2.37. The standard InChI is InChI=1S/C17H19N3O5/c21-16(19-7-2-1-5-14(19)17-24-8-9-25-17)12-10-11-4-3-6-13(20(22)23)15(11)18-12/h3-4,6,10,14,17-18H,1-2,5,7-9H2/t14-/m1/s1. The average Bonchev–Trinajstić information content (AvgIpc) is 3.30. The number of carbonyl (C=O) groups excluding carboxylic acids is 1. The van der Waals surface area contributed by atoms with Crippen LogP contribution in [-0.2, 0) is 9.47 Å². The molecule has 1 amide bonds. The molecule has 8 heteroatoms. The van der Waals surface area contributed by atoms with E-state index in [0.29, 0.717) is 36.4 Å². The van der Waals surface area contributed by atoms with Crippen molar-refractivity contribution in [3.63, 3.8) is 0 Å². The minimum atomic E-state index is -0.447. The van der Waals surface area contributed by atoms with Gasteiger partial charge in [-0.1, -0.05) is 12.1 Å². The number of hydrogen-bond acceptors (Lipinski definition) is 5. The Kier molecular flexibility index (Phi) is 4.14. The van der Waals surface area contributed by atoms with Gasteiger partial charge in [0.05, 0.1) is 24.2 Å².